The number of carbonyl (C=O) groups is 1. The first-order valence-corrected chi connectivity index (χ1v) is 7.38. The van der Waals surface area contributed by atoms with Gasteiger partial charge in [0.15, 0.2) is 0 Å². The molecular weight excluding hydrogens is 268 g/mol. The molecule has 4 heteroatoms. The summed E-state index contributed by atoms with van der Waals surface area (Å²) in [5, 5.41) is 0. The predicted molar refractivity (Wildman–Crippen MR) is 77.7 cm³/mol. The van der Waals surface area contributed by atoms with Gasteiger partial charge in [0.25, 0.3) is 0 Å². The van der Waals surface area contributed by atoms with E-state index in [1.807, 2.05) is 30.3 Å². The molecular formula is C17H20O4. The van der Waals surface area contributed by atoms with Crippen molar-refractivity contribution in [3.8, 4) is 0 Å². The molecule has 2 heterocycles. The smallest absolute Gasteiger partial charge is 0.336 e. The number of rotatable bonds is 4. The minimum Gasteiger partial charge on any atom is -0.463 e. The third-order valence-electron chi connectivity index (χ3n) is 4.28. The molecule has 1 aromatic carbocycles. The molecule has 2 unspecified atom stereocenters. The third-order valence-corrected chi connectivity index (χ3v) is 4.28. The van der Waals surface area contributed by atoms with E-state index < -0.39 is 5.60 Å². The molecule has 0 aliphatic carbocycles. The van der Waals surface area contributed by atoms with Crippen LogP contribution < -0.4 is 0 Å². The molecule has 4 nitrogen and oxygen atoms in total. The second-order valence-corrected chi connectivity index (χ2v) is 5.45. The van der Waals surface area contributed by atoms with Crippen molar-refractivity contribution in [2.24, 2.45) is 0 Å². The summed E-state index contributed by atoms with van der Waals surface area (Å²) in [5.41, 5.74) is 0.754. The van der Waals surface area contributed by atoms with Gasteiger partial charge in [-0.25, -0.2) is 4.79 Å². The van der Waals surface area contributed by atoms with E-state index in [9.17, 15) is 4.79 Å². The second kappa shape index (κ2) is 5.62. The van der Waals surface area contributed by atoms with Gasteiger partial charge in [0, 0.05) is 12.8 Å². The van der Waals surface area contributed by atoms with E-state index in [2.05, 4.69) is 6.58 Å². The van der Waals surface area contributed by atoms with Crippen molar-refractivity contribution in [3.63, 3.8) is 0 Å². The van der Waals surface area contributed by atoms with Gasteiger partial charge >= 0.3 is 5.97 Å². The molecule has 2 aliphatic heterocycles. The molecule has 0 amide bonds. The molecule has 2 aliphatic rings. The number of carbonyl (C=O) groups excluding carboxylic acids is 1. The van der Waals surface area contributed by atoms with Crippen molar-refractivity contribution in [1.82, 2.24) is 0 Å². The zero-order valence-electron chi connectivity index (χ0n) is 12.2. The van der Waals surface area contributed by atoms with E-state index in [0.717, 1.165) is 12.0 Å². The van der Waals surface area contributed by atoms with Gasteiger partial charge in [0.1, 0.15) is 5.60 Å². The molecule has 0 spiro atoms. The van der Waals surface area contributed by atoms with Crippen LogP contribution in [0.1, 0.15) is 31.4 Å². The van der Waals surface area contributed by atoms with Crippen molar-refractivity contribution in [2.75, 3.05) is 13.2 Å². The number of benzene rings is 1. The lowest BCUT2D eigenvalue weighted by molar-refractivity contribution is -0.141. The minimum atomic E-state index is -0.729. The van der Waals surface area contributed by atoms with Gasteiger partial charge in [-0.1, -0.05) is 36.9 Å². The Bertz CT molecular complexity index is 539. The van der Waals surface area contributed by atoms with Crippen LogP contribution in [0.2, 0.25) is 0 Å². The molecule has 21 heavy (non-hydrogen) atoms. The standard InChI is InChI=1S/C17H20O4/c1-3-19-16(18)12(2)17-11-14(13-7-5-4-6-8-13)21-15(17)9-10-20-17/h4-8,14-15H,2-3,9-11H2,1H3/t14?,15?,17-/m1/s1. The molecule has 2 saturated heterocycles. The topological polar surface area (TPSA) is 44.8 Å². The summed E-state index contributed by atoms with van der Waals surface area (Å²) in [6.45, 7) is 6.65. The van der Waals surface area contributed by atoms with Crippen LogP contribution >= 0.6 is 0 Å². The predicted octanol–water partition coefficient (Wildman–Crippen LogP) is 2.80. The summed E-state index contributed by atoms with van der Waals surface area (Å²) in [7, 11) is 0. The highest BCUT2D eigenvalue weighted by atomic mass is 16.6. The van der Waals surface area contributed by atoms with Crippen LogP contribution in [0.25, 0.3) is 0 Å². The summed E-state index contributed by atoms with van der Waals surface area (Å²) >= 11 is 0. The fraction of sp³-hybridized carbons (Fsp3) is 0.471. The molecule has 0 bridgehead atoms. The number of hydrogen-bond acceptors (Lipinski definition) is 4. The average Bonchev–Trinajstić information content (AvgIpc) is 3.05. The van der Waals surface area contributed by atoms with Crippen LogP contribution in [0.3, 0.4) is 0 Å². The Hall–Kier alpha value is -1.65. The Labute approximate surface area is 124 Å². The quantitative estimate of drug-likeness (QED) is 0.631. The first kappa shape index (κ1) is 14.3. The number of esters is 1. The third kappa shape index (κ3) is 2.39. The summed E-state index contributed by atoms with van der Waals surface area (Å²) in [6, 6.07) is 10.0. The highest BCUT2D eigenvalue weighted by Gasteiger charge is 2.56. The number of fused-ring (bicyclic) bond motifs is 1. The van der Waals surface area contributed by atoms with Crippen molar-refractivity contribution in [3.05, 3.63) is 48.0 Å². The molecule has 3 rings (SSSR count). The monoisotopic (exact) mass is 288 g/mol. The maximum Gasteiger partial charge on any atom is 0.336 e. The zero-order valence-corrected chi connectivity index (χ0v) is 12.2. The Morgan fingerprint density at radius 1 is 1.43 bits per heavy atom. The minimum absolute atomic E-state index is 0.0670. The molecule has 112 valence electrons. The van der Waals surface area contributed by atoms with E-state index in [0.29, 0.717) is 25.2 Å². The van der Waals surface area contributed by atoms with E-state index >= 15 is 0 Å². The van der Waals surface area contributed by atoms with Crippen LogP contribution in [0, 0.1) is 0 Å². The lowest BCUT2D eigenvalue weighted by Crippen LogP contribution is -2.40. The van der Waals surface area contributed by atoms with Crippen molar-refractivity contribution < 1.29 is 19.0 Å². The Morgan fingerprint density at radius 2 is 2.19 bits per heavy atom. The van der Waals surface area contributed by atoms with Crippen LogP contribution in [0.15, 0.2) is 42.5 Å². The van der Waals surface area contributed by atoms with E-state index in [1.165, 1.54) is 0 Å². The highest BCUT2D eigenvalue weighted by molar-refractivity contribution is 5.90. The van der Waals surface area contributed by atoms with E-state index in [-0.39, 0.29) is 18.2 Å². The van der Waals surface area contributed by atoms with Gasteiger partial charge < -0.3 is 14.2 Å². The highest BCUT2D eigenvalue weighted by Crippen LogP contribution is 2.50. The first-order chi connectivity index (χ1) is 10.2. The summed E-state index contributed by atoms with van der Waals surface area (Å²) < 4.78 is 17.1. The van der Waals surface area contributed by atoms with Gasteiger partial charge in [-0.3, -0.25) is 0 Å². The maximum absolute atomic E-state index is 12.1. The van der Waals surface area contributed by atoms with Crippen LogP contribution in [0.4, 0.5) is 0 Å². The summed E-state index contributed by atoms with van der Waals surface area (Å²) in [4.78, 5) is 12.1. The van der Waals surface area contributed by atoms with Gasteiger partial charge in [-0.2, -0.15) is 0 Å². The zero-order chi connectivity index (χ0) is 14.9. The lowest BCUT2D eigenvalue weighted by Gasteiger charge is -2.27. The van der Waals surface area contributed by atoms with Crippen molar-refractivity contribution in [2.45, 2.75) is 37.6 Å². The maximum atomic E-state index is 12.1. The SMILES string of the molecule is C=C(C(=O)OCC)[C@]12CC(c3ccccc3)OC1CCO2. The number of hydrogen-bond donors (Lipinski definition) is 0. The molecule has 0 N–H and O–H groups in total. The van der Waals surface area contributed by atoms with Crippen molar-refractivity contribution >= 4 is 5.97 Å². The second-order valence-electron chi connectivity index (χ2n) is 5.45. The van der Waals surface area contributed by atoms with Crippen LogP contribution in [-0.4, -0.2) is 30.9 Å². The fourth-order valence-electron chi connectivity index (χ4n) is 3.22. The van der Waals surface area contributed by atoms with E-state index in [1.54, 1.807) is 6.92 Å². The fourth-order valence-corrected chi connectivity index (χ4v) is 3.22. The summed E-state index contributed by atoms with van der Waals surface area (Å²) in [6.07, 6.45) is 1.20. The Balaban J connectivity index is 1.84. The molecule has 0 radical (unpaired) electrons. The molecule has 3 atom stereocenters. The van der Waals surface area contributed by atoms with Crippen LogP contribution in [-0.2, 0) is 19.0 Å². The first-order valence-electron chi connectivity index (χ1n) is 7.38. The van der Waals surface area contributed by atoms with Gasteiger partial charge in [-0.15, -0.1) is 0 Å². The normalized spacial score (nSPS) is 30.9. The largest absolute Gasteiger partial charge is 0.463 e. The Kier molecular flexibility index (Phi) is 3.83. The van der Waals surface area contributed by atoms with Gasteiger partial charge in [0.2, 0.25) is 0 Å². The average molecular weight is 288 g/mol. The lowest BCUT2D eigenvalue weighted by atomic mass is 9.85. The molecule has 1 aromatic rings. The van der Waals surface area contributed by atoms with Crippen LogP contribution in [0.5, 0.6) is 0 Å². The Morgan fingerprint density at radius 3 is 2.90 bits per heavy atom. The number of ether oxygens (including phenoxy) is 3. The van der Waals surface area contributed by atoms with Crippen molar-refractivity contribution in [1.29, 1.82) is 0 Å². The van der Waals surface area contributed by atoms with Gasteiger partial charge in [0.05, 0.1) is 31.0 Å². The summed E-state index contributed by atoms with van der Waals surface area (Å²) in [5.74, 6) is -0.387. The van der Waals surface area contributed by atoms with Gasteiger partial charge in [-0.05, 0) is 12.5 Å². The molecule has 2 fully saturated rings. The molecule has 0 aromatic heterocycles. The molecule has 0 saturated carbocycles. The van der Waals surface area contributed by atoms with E-state index in [4.69, 9.17) is 14.2 Å².